The van der Waals surface area contributed by atoms with Crippen molar-refractivity contribution < 1.29 is 23.1 Å². The highest BCUT2D eigenvalue weighted by atomic mass is 32.2. The van der Waals surface area contributed by atoms with E-state index < -0.39 is 16.0 Å². The van der Waals surface area contributed by atoms with Crippen LogP contribution in [0.3, 0.4) is 0 Å². The summed E-state index contributed by atoms with van der Waals surface area (Å²) >= 11 is 0. The van der Waals surface area contributed by atoms with Crippen LogP contribution in [-0.4, -0.2) is 62.5 Å². The number of sulfonamides is 1. The summed E-state index contributed by atoms with van der Waals surface area (Å²) in [5.41, 5.74) is 0.431. The van der Waals surface area contributed by atoms with E-state index in [0.717, 1.165) is 45.9 Å². The Morgan fingerprint density at radius 2 is 1.68 bits per heavy atom. The monoisotopic (exact) mass is 453 g/mol. The second-order valence-corrected chi connectivity index (χ2v) is 10.2. The molecular formula is C22H35N3O5S. The molecule has 0 saturated carbocycles. The van der Waals surface area contributed by atoms with Crippen molar-refractivity contribution >= 4 is 21.9 Å². The molecule has 2 aliphatic rings. The van der Waals surface area contributed by atoms with Gasteiger partial charge in [0.05, 0.1) is 4.90 Å². The zero-order chi connectivity index (χ0) is 22.9. The first-order valence-electron chi connectivity index (χ1n) is 10.9. The summed E-state index contributed by atoms with van der Waals surface area (Å²) in [7, 11) is -3.53. The second-order valence-electron chi connectivity index (χ2n) is 8.52. The number of hydrogen-bond donors (Lipinski definition) is 3. The fraction of sp³-hybridized carbons (Fsp3) is 0.636. The van der Waals surface area contributed by atoms with E-state index in [4.69, 9.17) is 9.90 Å². The topological polar surface area (TPSA) is 116 Å². The van der Waals surface area contributed by atoms with Gasteiger partial charge >= 0.3 is 0 Å². The van der Waals surface area contributed by atoms with Gasteiger partial charge in [-0.2, -0.15) is 0 Å². The number of likely N-dealkylation sites (tertiary alicyclic amines) is 1. The SMILES string of the molecule is CC(=O)O.CC(CCC(=O)N1CCC2(CCNCC2)CC1)NS(=O)(=O)c1ccccc1. The average molecular weight is 454 g/mol. The van der Waals surface area contributed by atoms with Gasteiger partial charge in [-0.3, -0.25) is 9.59 Å². The van der Waals surface area contributed by atoms with Gasteiger partial charge < -0.3 is 15.3 Å². The molecule has 2 fully saturated rings. The third kappa shape index (κ3) is 8.23. The lowest BCUT2D eigenvalue weighted by molar-refractivity contribution is -0.135. The van der Waals surface area contributed by atoms with Gasteiger partial charge in [0.15, 0.2) is 0 Å². The van der Waals surface area contributed by atoms with Gasteiger partial charge in [-0.05, 0) is 69.7 Å². The first-order chi connectivity index (χ1) is 14.6. The fourth-order valence-electron chi connectivity index (χ4n) is 4.18. The van der Waals surface area contributed by atoms with Crippen LogP contribution in [0.4, 0.5) is 0 Å². The molecule has 1 aromatic rings. The number of amides is 1. The molecule has 8 nitrogen and oxygen atoms in total. The van der Waals surface area contributed by atoms with Crippen LogP contribution in [0.25, 0.3) is 0 Å². The number of carbonyl (C=O) groups excluding carboxylic acids is 1. The smallest absolute Gasteiger partial charge is 0.300 e. The Balaban J connectivity index is 0.000000785. The van der Waals surface area contributed by atoms with Crippen molar-refractivity contribution in [1.82, 2.24) is 14.9 Å². The molecule has 2 aliphatic heterocycles. The molecule has 3 rings (SSSR count). The maximum Gasteiger partial charge on any atom is 0.300 e. The predicted molar refractivity (Wildman–Crippen MR) is 119 cm³/mol. The standard InChI is InChI=1S/C20H31N3O3S.C2H4O2/c1-17(22-27(25,26)18-5-3-2-4-6-18)7-8-19(24)23-15-11-20(12-16-23)9-13-21-14-10-20;1-2(3)4/h2-6,17,21-22H,7-16H2,1H3;1H3,(H,3,4). The van der Waals surface area contributed by atoms with Gasteiger partial charge in [0, 0.05) is 32.5 Å². The molecule has 174 valence electrons. The minimum Gasteiger partial charge on any atom is -0.481 e. The molecule has 1 unspecified atom stereocenters. The Labute approximate surface area is 185 Å². The Morgan fingerprint density at radius 1 is 1.13 bits per heavy atom. The van der Waals surface area contributed by atoms with Gasteiger partial charge in [-0.15, -0.1) is 0 Å². The van der Waals surface area contributed by atoms with E-state index in [9.17, 15) is 13.2 Å². The highest BCUT2D eigenvalue weighted by Gasteiger charge is 2.36. The highest BCUT2D eigenvalue weighted by molar-refractivity contribution is 7.89. The Kier molecular flexibility index (Phi) is 9.46. The summed E-state index contributed by atoms with van der Waals surface area (Å²) in [4.78, 5) is 23.8. The number of aliphatic carboxylic acids is 1. The molecule has 2 heterocycles. The Hall–Kier alpha value is -1.97. The lowest BCUT2D eigenvalue weighted by Gasteiger charge is -2.44. The predicted octanol–water partition coefficient (Wildman–Crippen LogP) is 2.22. The van der Waals surface area contributed by atoms with Crippen LogP contribution >= 0.6 is 0 Å². The number of piperidine rings is 2. The molecule has 9 heteroatoms. The fourth-order valence-corrected chi connectivity index (χ4v) is 5.48. The Bertz CT molecular complexity index is 809. The first kappa shape index (κ1) is 25.3. The minimum absolute atomic E-state index is 0.143. The maximum absolute atomic E-state index is 12.5. The van der Waals surface area contributed by atoms with E-state index in [0.29, 0.717) is 18.3 Å². The highest BCUT2D eigenvalue weighted by Crippen LogP contribution is 2.39. The molecule has 3 N–H and O–H groups in total. The van der Waals surface area contributed by atoms with Gasteiger partial charge in [-0.25, -0.2) is 13.1 Å². The molecule has 1 amide bonds. The van der Waals surface area contributed by atoms with E-state index >= 15 is 0 Å². The first-order valence-corrected chi connectivity index (χ1v) is 12.4. The lowest BCUT2D eigenvalue weighted by atomic mass is 9.71. The summed E-state index contributed by atoms with van der Waals surface area (Å²) in [6.07, 6.45) is 5.51. The van der Waals surface area contributed by atoms with Crippen LogP contribution in [-0.2, 0) is 19.6 Å². The molecule has 1 atom stereocenters. The van der Waals surface area contributed by atoms with E-state index in [1.807, 2.05) is 11.8 Å². The molecule has 1 aromatic carbocycles. The summed E-state index contributed by atoms with van der Waals surface area (Å²) in [6.45, 7) is 6.75. The summed E-state index contributed by atoms with van der Waals surface area (Å²) in [6, 6.07) is 8.06. The van der Waals surface area contributed by atoms with Crippen molar-refractivity contribution in [3.8, 4) is 0 Å². The van der Waals surface area contributed by atoms with Gasteiger partial charge in [-0.1, -0.05) is 18.2 Å². The second kappa shape index (κ2) is 11.6. The normalized spacial score (nSPS) is 19.2. The number of rotatable bonds is 6. The van der Waals surface area contributed by atoms with Crippen molar-refractivity contribution in [3.63, 3.8) is 0 Å². The van der Waals surface area contributed by atoms with Gasteiger partial charge in [0.25, 0.3) is 5.97 Å². The quantitative estimate of drug-likeness (QED) is 0.608. The molecule has 31 heavy (non-hydrogen) atoms. The number of carboxylic acids is 1. The molecule has 1 spiro atoms. The van der Waals surface area contributed by atoms with E-state index in [1.54, 1.807) is 30.3 Å². The van der Waals surface area contributed by atoms with Crippen LogP contribution < -0.4 is 10.0 Å². The molecule has 0 aromatic heterocycles. The van der Waals surface area contributed by atoms with Crippen molar-refractivity contribution in [2.45, 2.75) is 63.3 Å². The third-order valence-electron chi connectivity index (χ3n) is 6.04. The van der Waals surface area contributed by atoms with Crippen molar-refractivity contribution in [1.29, 1.82) is 0 Å². The number of benzene rings is 1. The largest absolute Gasteiger partial charge is 0.481 e. The molecule has 2 saturated heterocycles. The maximum atomic E-state index is 12.5. The van der Waals surface area contributed by atoms with Crippen LogP contribution in [0.5, 0.6) is 0 Å². The van der Waals surface area contributed by atoms with Gasteiger partial charge in [0.2, 0.25) is 15.9 Å². The van der Waals surface area contributed by atoms with E-state index in [-0.39, 0.29) is 16.8 Å². The average Bonchev–Trinajstić information content (AvgIpc) is 2.73. The molecular weight excluding hydrogens is 418 g/mol. The Morgan fingerprint density at radius 3 is 2.23 bits per heavy atom. The number of nitrogens with one attached hydrogen (secondary N) is 2. The molecule has 0 aliphatic carbocycles. The number of carboxylic acid groups (broad SMARTS) is 1. The molecule has 0 radical (unpaired) electrons. The van der Waals surface area contributed by atoms with Crippen LogP contribution in [0, 0.1) is 5.41 Å². The number of nitrogens with zero attached hydrogens (tertiary/aromatic N) is 1. The zero-order valence-corrected chi connectivity index (χ0v) is 19.3. The molecule has 0 bridgehead atoms. The van der Waals surface area contributed by atoms with Crippen molar-refractivity contribution in [2.24, 2.45) is 5.41 Å². The van der Waals surface area contributed by atoms with Crippen molar-refractivity contribution in [2.75, 3.05) is 26.2 Å². The number of hydrogen-bond acceptors (Lipinski definition) is 5. The minimum atomic E-state index is -3.53. The lowest BCUT2D eigenvalue weighted by Crippen LogP contribution is -2.47. The van der Waals surface area contributed by atoms with Crippen molar-refractivity contribution in [3.05, 3.63) is 30.3 Å². The zero-order valence-electron chi connectivity index (χ0n) is 18.5. The summed E-state index contributed by atoms with van der Waals surface area (Å²) in [5, 5.41) is 10.8. The van der Waals surface area contributed by atoms with E-state index in [2.05, 4.69) is 10.0 Å². The van der Waals surface area contributed by atoms with E-state index in [1.165, 1.54) is 12.8 Å². The van der Waals surface area contributed by atoms with Crippen LogP contribution in [0.1, 0.15) is 52.4 Å². The third-order valence-corrected chi connectivity index (χ3v) is 7.65. The summed E-state index contributed by atoms with van der Waals surface area (Å²) < 4.78 is 27.4. The summed E-state index contributed by atoms with van der Waals surface area (Å²) in [5.74, 6) is -0.690. The van der Waals surface area contributed by atoms with Gasteiger partial charge in [0.1, 0.15) is 0 Å². The van der Waals surface area contributed by atoms with Crippen LogP contribution in [0.2, 0.25) is 0 Å². The number of carbonyl (C=O) groups is 2. The van der Waals surface area contributed by atoms with Crippen LogP contribution in [0.15, 0.2) is 35.2 Å².